The Kier molecular flexibility index (Phi) is 2.98. The highest BCUT2D eigenvalue weighted by Gasteiger charge is 2.23. The first-order chi connectivity index (χ1) is 12.2. The molecule has 0 fully saturated rings. The minimum absolute atomic E-state index is 0.0599. The molecule has 0 aliphatic heterocycles. The van der Waals surface area contributed by atoms with Gasteiger partial charge in [-0.1, -0.05) is 30.3 Å². The SMILES string of the molecule is Oc1ccc(-c2nc3ccc4ccccc4c3c3c2CCC3)c(O)c1. The van der Waals surface area contributed by atoms with Gasteiger partial charge in [0.25, 0.3) is 0 Å². The van der Waals surface area contributed by atoms with Crippen LogP contribution >= 0.6 is 0 Å². The van der Waals surface area contributed by atoms with Crippen LogP contribution < -0.4 is 0 Å². The lowest BCUT2D eigenvalue weighted by atomic mass is 9.95. The molecule has 1 heterocycles. The van der Waals surface area contributed by atoms with Crippen molar-refractivity contribution in [3.8, 4) is 22.8 Å². The molecule has 0 saturated carbocycles. The van der Waals surface area contributed by atoms with Crippen molar-refractivity contribution < 1.29 is 10.2 Å². The molecule has 0 amide bonds. The van der Waals surface area contributed by atoms with E-state index >= 15 is 0 Å². The van der Waals surface area contributed by atoms with E-state index in [0.29, 0.717) is 5.56 Å². The van der Waals surface area contributed by atoms with Gasteiger partial charge in [0.2, 0.25) is 0 Å². The average molecular weight is 327 g/mol. The number of aromatic nitrogens is 1. The van der Waals surface area contributed by atoms with Crippen LogP contribution in [0.1, 0.15) is 17.5 Å². The van der Waals surface area contributed by atoms with E-state index in [1.807, 2.05) is 0 Å². The largest absolute Gasteiger partial charge is 0.508 e. The molecule has 0 saturated heterocycles. The second-order valence-electron chi connectivity index (χ2n) is 6.65. The lowest BCUT2D eigenvalue weighted by Gasteiger charge is -2.14. The zero-order chi connectivity index (χ0) is 17.0. The number of hydrogen-bond donors (Lipinski definition) is 2. The molecule has 3 nitrogen and oxygen atoms in total. The number of phenolic OH excluding ortho intramolecular Hbond substituents is 2. The number of aromatic hydroxyl groups is 2. The summed E-state index contributed by atoms with van der Waals surface area (Å²) in [5, 5.41) is 23.6. The van der Waals surface area contributed by atoms with Crippen molar-refractivity contribution in [2.75, 3.05) is 0 Å². The normalized spacial score (nSPS) is 13.4. The maximum Gasteiger partial charge on any atom is 0.128 e. The Bertz CT molecular complexity index is 1150. The number of fused-ring (bicyclic) bond motifs is 5. The fourth-order valence-corrected chi connectivity index (χ4v) is 4.08. The van der Waals surface area contributed by atoms with E-state index in [0.717, 1.165) is 30.5 Å². The summed E-state index contributed by atoms with van der Waals surface area (Å²) < 4.78 is 0. The minimum atomic E-state index is 0.0599. The van der Waals surface area contributed by atoms with Crippen molar-refractivity contribution in [1.82, 2.24) is 4.98 Å². The zero-order valence-corrected chi connectivity index (χ0v) is 13.7. The van der Waals surface area contributed by atoms with Crippen molar-refractivity contribution in [3.63, 3.8) is 0 Å². The molecule has 1 aromatic heterocycles. The molecule has 4 aromatic rings. The first kappa shape index (κ1) is 14.3. The Morgan fingerprint density at radius 3 is 2.56 bits per heavy atom. The van der Waals surface area contributed by atoms with Crippen LogP contribution in [-0.2, 0) is 12.8 Å². The van der Waals surface area contributed by atoms with E-state index in [4.69, 9.17) is 4.98 Å². The summed E-state index contributed by atoms with van der Waals surface area (Å²) in [6, 6.07) is 17.3. The van der Waals surface area contributed by atoms with Crippen molar-refractivity contribution in [3.05, 3.63) is 65.7 Å². The Balaban J connectivity index is 1.89. The third-order valence-electron chi connectivity index (χ3n) is 5.18. The number of phenols is 2. The number of benzene rings is 3. The van der Waals surface area contributed by atoms with Gasteiger partial charge in [-0.25, -0.2) is 4.98 Å². The second-order valence-corrected chi connectivity index (χ2v) is 6.65. The van der Waals surface area contributed by atoms with Crippen LogP contribution in [0.3, 0.4) is 0 Å². The van der Waals surface area contributed by atoms with Gasteiger partial charge in [0, 0.05) is 17.0 Å². The van der Waals surface area contributed by atoms with Gasteiger partial charge in [0.15, 0.2) is 0 Å². The number of nitrogens with zero attached hydrogens (tertiary/aromatic N) is 1. The molecule has 2 N–H and O–H groups in total. The molecule has 25 heavy (non-hydrogen) atoms. The molecule has 122 valence electrons. The first-order valence-corrected chi connectivity index (χ1v) is 8.58. The molecule has 0 unspecified atom stereocenters. The molecule has 3 heteroatoms. The predicted octanol–water partition coefficient (Wildman–Crippen LogP) is 4.95. The maximum atomic E-state index is 10.3. The summed E-state index contributed by atoms with van der Waals surface area (Å²) in [6.45, 7) is 0. The van der Waals surface area contributed by atoms with Crippen molar-refractivity contribution in [2.24, 2.45) is 0 Å². The van der Waals surface area contributed by atoms with E-state index in [9.17, 15) is 10.2 Å². The summed E-state index contributed by atoms with van der Waals surface area (Å²) >= 11 is 0. The lowest BCUT2D eigenvalue weighted by Crippen LogP contribution is -1.96. The van der Waals surface area contributed by atoms with Gasteiger partial charge in [-0.2, -0.15) is 0 Å². The van der Waals surface area contributed by atoms with Crippen LogP contribution in [0.25, 0.3) is 32.9 Å². The molecular formula is C22H17NO2. The minimum Gasteiger partial charge on any atom is -0.508 e. The average Bonchev–Trinajstić information content (AvgIpc) is 3.10. The van der Waals surface area contributed by atoms with Crippen molar-refractivity contribution in [1.29, 1.82) is 0 Å². The van der Waals surface area contributed by atoms with Gasteiger partial charge in [0.1, 0.15) is 11.5 Å². The second kappa shape index (κ2) is 5.21. The van der Waals surface area contributed by atoms with Crippen LogP contribution in [0.4, 0.5) is 0 Å². The van der Waals surface area contributed by atoms with E-state index in [2.05, 4.69) is 36.4 Å². The van der Waals surface area contributed by atoms with E-state index < -0.39 is 0 Å². The Labute approximate surface area is 145 Å². The number of rotatable bonds is 1. The summed E-state index contributed by atoms with van der Waals surface area (Å²) in [5.74, 6) is 0.131. The number of aryl methyl sites for hydroxylation is 1. The van der Waals surface area contributed by atoms with Crippen LogP contribution in [0.2, 0.25) is 0 Å². The fourth-order valence-electron chi connectivity index (χ4n) is 4.08. The zero-order valence-electron chi connectivity index (χ0n) is 13.7. The molecule has 1 aliphatic carbocycles. The molecule has 0 radical (unpaired) electrons. The van der Waals surface area contributed by atoms with E-state index in [1.54, 1.807) is 12.1 Å². The highest BCUT2D eigenvalue weighted by atomic mass is 16.3. The van der Waals surface area contributed by atoms with Gasteiger partial charge >= 0.3 is 0 Å². The van der Waals surface area contributed by atoms with Gasteiger partial charge in [-0.15, -0.1) is 0 Å². The summed E-state index contributed by atoms with van der Waals surface area (Å²) in [5.41, 5.74) is 5.06. The smallest absolute Gasteiger partial charge is 0.128 e. The predicted molar refractivity (Wildman–Crippen MR) is 100 cm³/mol. The highest BCUT2D eigenvalue weighted by Crippen LogP contribution is 2.41. The molecule has 0 bridgehead atoms. The van der Waals surface area contributed by atoms with Crippen molar-refractivity contribution in [2.45, 2.75) is 19.3 Å². The topological polar surface area (TPSA) is 53.4 Å². The molecule has 5 rings (SSSR count). The van der Waals surface area contributed by atoms with Crippen LogP contribution in [-0.4, -0.2) is 15.2 Å². The highest BCUT2D eigenvalue weighted by molar-refractivity contribution is 6.09. The van der Waals surface area contributed by atoms with Crippen molar-refractivity contribution >= 4 is 21.7 Å². The molecule has 3 aromatic carbocycles. The molecule has 0 spiro atoms. The third-order valence-corrected chi connectivity index (χ3v) is 5.18. The first-order valence-electron chi connectivity index (χ1n) is 8.58. The monoisotopic (exact) mass is 327 g/mol. The van der Waals surface area contributed by atoms with Crippen LogP contribution in [0.5, 0.6) is 11.5 Å². The van der Waals surface area contributed by atoms with Gasteiger partial charge in [-0.3, -0.25) is 0 Å². The summed E-state index contributed by atoms with van der Waals surface area (Å²) in [6.07, 6.45) is 3.11. The molecule has 0 atom stereocenters. The van der Waals surface area contributed by atoms with Gasteiger partial charge in [0.05, 0.1) is 11.2 Å². The van der Waals surface area contributed by atoms with Crippen LogP contribution in [0, 0.1) is 0 Å². The van der Waals surface area contributed by atoms with Crippen LogP contribution in [0.15, 0.2) is 54.6 Å². The fraction of sp³-hybridized carbons (Fsp3) is 0.136. The standard InChI is InChI=1S/C22H17NO2/c24-14-9-10-18(20(25)12-14)22-17-7-3-6-16(17)21-15-5-2-1-4-13(15)8-11-19(21)23-22/h1-2,4-5,8-12,24-25H,3,6-7H2. The Morgan fingerprint density at radius 2 is 1.68 bits per heavy atom. The molecule has 1 aliphatic rings. The number of pyridine rings is 1. The Morgan fingerprint density at radius 1 is 0.840 bits per heavy atom. The Hall–Kier alpha value is -3.07. The maximum absolute atomic E-state index is 10.3. The lowest BCUT2D eigenvalue weighted by molar-refractivity contribution is 0.451. The molecular weight excluding hydrogens is 310 g/mol. The van der Waals surface area contributed by atoms with Gasteiger partial charge in [-0.05, 0) is 59.4 Å². The van der Waals surface area contributed by atoms with E-state index in [-0.39, 0.29) is 11.5 Å². The summed E-state index contributed by atoms with van der Waals surface area (Å²) in [7, 11) is 0. The van der Waals surface area contributed by atoms with E-state index in [1.165, 1.54) is 33.4 Å². The number of hydrogen-bond acceptors (Lipinski definition) is 3. The third kappa shape index (κ3) is 2.09. The quantitative estimate of drug-likeness (QED) is 0.486. The summed E-state index contributed by atoms with van der Waals surface area (Å²) in [4.78, 5) is 4.92. The van der Waals surface area contributed by atoms with Gasteiger partial charge < -0.3 is 10.2 Å².